The van der Waals surface area contributed by atoms with Gasteiger partial charge in [0.15, 0.2) is 5.82 Å². The number of aryl methyl sites for hydroxylation is 1. The summed E-state index contributed by atoms with van der Waals surface area (Å²) in [6.07, 6.45) is 6.10. The number of rotatable bonds is 2. The molecule has 4 nitrogen and oxygen atoms in total. The first-order valence-electron chi connectivity index (χ1n) is 5.17. The molecule has 0 radical (unpaired) electrons. The van der Waals surface area contributed by atoms with Crippen molar-refractivity contribution in [2.75, 3.05) is 0 Å². The number of hydrogen-bond acceptors (Lipinski definition) is 3. The fourth-order valence-electron chi connectivity index (χ4n) is 1.62. The van der Waals surface area contributed by atoms with Crippen LogP contribution in [0.4, 0.5) is 0 Å². The predicted octanol–water partition coefficient (Wildman–Crippen LogP) is 2.05. The Morgan fingerprint density at radius 2 is 2.20 bits per heavy atom. The van der Waals surface area contributed by atoms with Gasteiger partial charge in [0.25, 0.3) is 0 Å². The minimum absolute atomic E-state index is 0.615. The molecule has 0 bridgehead atoms. The lowest BCUT2D eigenvalue weighted by atomic mass is 10.2. The monoisotopic (exact) mass is 200 g/mol. The SMILES string of the molecule is Cc1cncc(-c2n[nH]c(C3CC3)n2)c1. The summed E-state index contributed by atoms with van der Waals surface area (Å²) in [5.74, 6) is 2.39. The smallest absolute Gasteiger partial charge is 0.182 e. The van der Waals surface area contributed by atoms with Gasteiger partial charge in [0, 0.05) is 23.9 Å². The lowest BCUT2D eigenvalue weighted by Gasteiger charge is -1.95. The van der Waals surface area contributed by atoms with Gasteiger partial charge in [0.05, 0.1) is 0 Å². The van der Waals surface area contributed by atoms with E-state index in [-0.39, 0.29) is 0 Å². The normalized spacial score (nSPS) is 15.5. The van der Waals surface area contributed by atoms with E-state index in [1.807, 2.05) is 19.2 Å². The zero-order chi connectivity index (χ0) is 10.3. The van der Waals surface area contributed by atoms with Crippen molar-refractivity contribution in [1.82, 2.24) is 20.2 Å². The first-order chi connectivity index (χ1) is 7.33. The summed E-state index contributed by atoms with van der Waals surface area (Å²) in [7, 11) is 0. The third-order valence-corrected chi connectivity index (χ3v) is 2.60. The van der Waals surface area contributed by atoms with E-state index in [0.29, 0.717) is 5.92 Å². The molecule has 0 amide bonds. The van der Waals surface area contributed by atoms with Gasteiger partial charge in [-0.2, -0.15) is 5.10 Å². The van der Waals surface area contributed by atoms with E-state index < -0.39 is 0 Å². The average Bonchev–Trinajstić information content (AvgIpc) is 2.97. The minimum Gasteiger partial charge on any atom is -0.264 e. The topological polar surface area (TPSA) is 54.5 Å². The molecule has 0 unspecified atom stereocenters. The maximum absolute atomic E-state index is 4.48. The lowest BCUT2D eigenvalue weighted by molar-refractivity contribution is 0.935. The molecule has 76 valence electrons. The number of H-pyrrole nitrogens is 1. The molecule has 0 aliphatic heterocycles. The zero-order valence-corrected chi connectivity index (χ0v) is 8.57. The second kappa shape index (κ2) is 3.15. The Bertz CT molecular complexity index is 485. The quantitative estimate of drug-likeness (QED) is 0.807. The number of hydrogen-bond donors (Lipinski definition) is 1. The Morgan fingerprint density at radius 1 is 1.33 bits per heavy atom. The van der Waals surface area contributed by atoms with E-state index in [0.717, 1.165) is 22.8 Å². The average molecular weight is 200 g/mol. The number of aromatic nitrogens is 4. The van der Waals surface area contributed by atoms with Crippen molar-refractivity contribution in [2.24, 2.45) is 0 Å². The Morgan fingerprint density at radius 3 is 2.93 bits per heavy atom. The van der Waals surface area contributed by atoms with Crippen LogP contribution in [0.5, 0.6) is 0 Å². The molecule has 4 heteroatoms. The van der Waals surface area contributed by atoms with E-state index in [1.54, 1.807) is 6.20 Å². The van der Waals surface area contributed by atoms with E-state index in [9.17, 15) is 0 Å². The van der Waals surface area contributed by atoms with Gasteiger partial charge >= 0.3 is 0 Å². The second-order valence-corrected chi connectivity index (χ2v) is 4.07. The molecule has 1 fully saturated rings. The fourth-order valence-corrected chi connectivity index (χ4v) is 1.62. The van der Waals surface area contributed by atoms with Gasteiger partial charge in [0.1, 0.15) is 5.82 Å². The molecule has 0 spiro atoms. The van der Waals surface area contributed by atoms with Crippen LogP contribution in [0.15, 0.2) is 18.5 Å². The summed E-state index contributed by atoms with van der Waals surface area (Å²) < 4.78 is 0. The van der Waals surface area contributed by atoms with Crippen molar-refractivity contribution in [3.05, 3.63) is 29.8 Å². The van der Waals surface area contributed by atoms with E-state index in [4.69, 9.17) is 0 Å². The van der Waals surface area contributed by atoms with Crippen LogP contribution in [0.25, 0.3) is 11.4 Å². The number of nitrogens with one attached hydrogen (secondary N) is 1. The van der Waals surface area contributed by atoms with Crippen molar-refractivity contribution in [1.29, 1.82) is 0 Å². The molecule has 0 saturated heterocycles. The van der Waals surface area contributed by atoms with Crippen LogP contribution in [0.2, 0.25) is 0 Å². The standard InChI is InChI=1S/C11H12N4/c1-7-4-9(6-12-5-7)11-13-10(14-15-11)8-2-3-8/h4-6,8H,2-3H2,1H3,(H,13,14,15). The maximum atomic E-state index is 4.48. The van der Waals surface area contributed by atoms with Gasteiger partial charge in [-0.25, -0.2) is 4.98 Å². The molecule has 2 aromatic rings. The molecule has 1 saturated carbocycles. The Labute approximate surface area is 87.8 Å². The van der Waals surface area contributed by atoms with Crippen LogP contribution >= 0.6 is 0 Å². The van der Waals surface area contributed by atoms with Crippen LogP contribution in [0.3, 0.4) is 0 Å². The van der Waals surface area contributed by atoms with Crippen molar-refractivity contribution in [3.63, 3.8) is 0 Å². The molecule has 0 atom stereocenters. The van der Waals surface area contributed by atoms with Gasteiger partial charge in [-0.1, -0.05) is 0 Å². The highest BCUT2D eigenvalue weighted by atomic mass is 15.2. The van der Waals surface area contributed by atoms with Gasteiger partial charge in [-0.3, -0.25) is 10.1 Å². The highest BCUT2D eigenvalue weighted by Crippen LogP contribution is 2.38. The summed E-state index contributed by atoms with van der Waals surface area (Å²) in [5.41, 5.74) is 2.11. The highest BCUT2D eigenvalue weighted by molar-refractivity contribution is 5.53. The lowest BCUT2D eigenvalue weighted by Crippen LogP contribution is -1.85. The minimum atomic E-state index is 0.615. The van der Waals surface area contributed by atoms with Crippen molar-refractivity contribution >= 4 is 0 Å². The summed E-state index contributed by atoms with van der Waals surface area (Å²) in [4.78, 5) is 8.61. The number of nitrogens with zero attached hydrogens (tertiary/aromatic N) is 3. The molecular formula is C11H12N4. The van der Waals surface area contributed by atoms with Gasteiger partial charge < -0.3 is 0 Å². The second-order valence-electron chi connectivity index (χ2n) is 4.07. The third kappa shape index (κ3) is 1.63. The van der Waals surface area contributed by atoms with Crippen molar-refractivity contribution in [2.45, 2.75) is 25.7 Å². The molecule has 0 aromatic carbocycles. The molecule has 2 aromatic heterocycles. The van der Waals surface area contributed by atoms with Crippen LogP contribution in [-0.4, -0.2) is 20.2 Å². The van der Waals surface area contributed by atoms with Crippen molar-refractivity contribution in [3.8, 4) is 11.4 Å². The zero-order valence-electron chi connectivity index (χ0n) is 8.57. The number of pyridine rings is 1. The molecule has 1 aliphatic rings. The van der Waals surface area contributed by atoms with E-state index >= 15 is 0 Å². The van der Waals surface area contributed by atoms with Crippen molar-refractivity contribution < 1.29 is 0 Å². The predicted molar refractivity (Wildman–Crippen MR) is 56.3 cm³/mol. The molecule has 15 heavy (non-hydrogen) atoms. The third-order valence-electron chi connectivity index (χ3n) is 2.60. The summed E-state index contributed by atoms with van der Waals surface area (Å²) in [5, 5.41) is 7.21. The fraction of sp³-hybridized carbons (Fsp3) is 0.364. The Kier molecular flexibility index (Phi) is 1.80. The molecule has 1 aliphatic carbocycles. The number of aromatic amines is 1. The molecular weight excluding hydrogens is 188 g/mol. The molecule has 3 rings (SSSR count). The van der Waals surface area contributed by atoms with Gasteiger partial charge in [-0.15, -0.1) is 0 Å². The molecule has 1 N–H and O–H groups in total. The van der Waals surface area contributed by atoms with Crippen LogP contribution in [-0.2, 0) is 0 Å². The Hall–Kier alpha value is -1.71. The Balaban J connectivity index is 1.97. The van der Waals surface area contributed by atoms with Gasteiger partial charge in [-0.05, 0) is 31.4 Å². The largest absolute Gasteiger partial charge is 0.264 e. The summed E-state index contributed by atoms with van der Waals surface area (Å²) in [6, 6.07) is 2.05. The van der Waals surface area contributed by atoms with Crippen LogP contribution in [0.1, 0.15) is 30.1 Å². The summed E-state index contributed by atoms with van der Waals surface area (Å²) in [6.45, 7) is 2.02. The van der Waals surface area contributed by atoms with E-state index in [2.05, 4.69) is 20.2 Å². The van der Waals surface area contributed by atoms with E-state index in [1.165, 1.54) is 12.8 Å². The first kappa shape index (κ1) is 8.59. The van der Waals surface area contributed by atoms with Gasteiger partial charge in [0.2, 0.25) is 0 Å². The van der Waals surface area contributed by atoms with Crippen LogP contribution < -0.4 is 0 Å². The molecule has 2 heterocycles. The summed E-state index contributed by atoms with van der Waals surface area (Å²) >= 11 is 0. The maximum Gasteiger partial charge on any atom is 0.182 e. The highest BCUT2D eigenvalue weighted by Gasteiger charge is 2.27. The van der Waals surface area contributed by atoms with Crippen LogP contribution in [0, 0.1) is 6.92 Å². The first-order valence-corrected chi connectivity index (χ1v) is 5.17.